The maximum absolute atomic E-state index is 13.9. The van der Waals surface area contributed by atoms with Crippen molar-refractivity contribution in [3.63, 3.8) is 0 Å². The van der Waals surface area contributed by atoms with Crippen molar-refractivity contribution in [2.75, 3.05) is 6.54 Å². The van der Waals surface area contributed by atoms with Gasteiger partial charge in [-0.15, -0.1) is 5.10 Å². The van der Waals surface area contributed by atoms with E-state index in [-0.39, 0.29) is 11.9 Å². The van der Waals surface area contributed by atoms with E-state index in [0.717, 1.165) is 42.0 Å². The van der Waals surface area contributed by atoms with Crippen molar-refractivity contribution in [3.05, 3.63) is 71.7 Å². The van der Waals surface area contributed by atoms with Crippen LogP contribution in [-0.2, 0) is 6.54 Å². The highest BCUT2D eigenvalue weighted by atomic mass is 19.1. The van der Waals surface area contributed by atoms with Crippen molar-refractivity contribution in [3.8, 4) is 11.3 Å². The Morgan fingerprint density at radius 3 is 2.76 bits per heavy atom. The van der Waals surface area contributed by atoms with Crippen LogP contribution in [0.4, 0.5) is 4.39 Å². The molecule has 1 aromatic heterocycles. The Morgan fingerprint density at radius 2 is 1.92 bits per heavy atom. The van der Waals surface area contributed by atoms with Crippen LogP contribution in [0, 0.1) is 5.82 Å². The molecule has 0 N–H and O–H groups in total. The molecule has 0 aliphatic carbocycles. The Balaban J connectivity index is 1.71. The van der Waals surface area contributed by atoms with Gasteiger partial charge in [0.2, 0.25) is 0 Å². The van der Waals surface area contributed by atoms with Crippen LogP contribution in [-0.4, -0.2) is 32.5 Å². The lowest BCUT2D eigenvalue weighted by molar-refractivity contribution is 0.147. The van der Waals surface area contributed by atoms with Gasteiger partial charge in [0.25, 0.3) is 0 Å². The molecular formula is C20H19FN4. The van der Waals surface area contributed by atoms with Gasteiger partial charge in [0.15, 0.2) is 0 Å². The predicted molar refractivity (Wildman–Crippen MR) is 93.4 cm³/mol. The summed E-state index contributed by atoms with van der Waals surface area (Å²) in [7, 11) is 0. The topological polar surface area (TPSA) is 34.0 Å². The lowest BCUT2D eigenvalue weighted by Crippen LogP contribution is -2.43. The Labute approximate surface area is 145 Å². The second kappa shape index (κ2) is 5.77. The summed E-state index contributed by atoms with van der Waals surface area (Å²) in [6, 6.07) is 17.6. The van der Waals surface area contributed by atoms with Crippen LogP contribution in [0.2, 0.25) is 0 Å². The zero-order valence-electron chi connectivity index (χ0n) is 13.8. The fourth-order valence-corrected chi connectivity index (χ4v) is 4.30. The van der Waals surface area contributed by atoms with Crippen molar-refractivity contribution in [1.29, 1.82) is 0 Å². The number of hydrogen-bond acceptors (Lipinski definition) is 3. The lowest BCUT2D eigenvalue weighted by Gasteiger charge is -2.38. The van der Waals surface area contributed by atoms with Gasteiger partial charge in [0.05, 0.1) is 18.3 Å². The van der Waals surface area contributed by atoms with E-state index < -0.39 is 0 Å². The molecule has 3 heterocycles. The van der Waals surface area contributed by atoms with E-state index in [2.05, 4.69) is 27.3 Å². The van der Waals surface area contributed by atoms with Gasteiger partial charge in [-0.05, 0) is 37.1 Å². The highest BCUT2D eigenvalue weighted by Gasteiger charge is 2.41. The number of benzene rings is 2. The van der Waals surface area contributed by atoms with E-state index in [9.17, 15) is 4.39 Å². The summed E-state index contributed by atoms with van der Waals surface area (Å²) in [5.74, 6) is -0.195. The maximum atomic E-state index is 13.9. The molecule has 126 valence electrons. The minimum Gasteiger partial charge on any atom is -0.286 e. The van der Waals surface area contributed by atoms with Gasteiger partial charge in [0.1, 0.15) is 11.5 Å². The molecule has 0 bridgehead atoms. The molecule has 1 fully saturated rings. The molecule has 3 aromatic rings. The van der Waals surface area contributed by atoms with E-state index in [1.54, 1.807) is 12.1 Å². The lowest BCUT2D eigenvalue weighted by atomic mass is 9.94. The van der Waals surface area contributed by atoms with E-state index in [1.165, 1.54) is 12.5 Å². The van der Waals surface area contributed by atoms with Crippen LogP contribution in [0.1, 0.15) is 30.1 Å². The molecule has 2 aromatic carbocycles. The zero-order valence-corrected chi connectivity index (χ0v) is 13.8. The SMILES string of the molecule is Fc1cccc([C@H]2c3c(-c4ccccc4)nnn3C[C@@H]3CCCN32)c1. The Kier molecular flexibility index (Phi) is 3.41. The van der Waals surface area contributed by atoms with E-state index in [4.69, 9.17) is 0 Å². The molecule has 25 heavy (non-hydrogen) atoms. The summed E-state index contributed by atoms with van der Waals surface area (Å²) in [6.07, 6.45) is 2.33. The number of halogens is 1. The second-order valence-corrected chi connectivity index (χ2v) is 6.86. The smallest absolute Gasteiger partial charge is 0.123 e. The molecule has 0 spiro atoms. The van der Waals surface area contributed by atoms with Crippen LogP contribution in [0.25, 0.3) is 11.3 Å². The van der Waals surface area contributed by atoms with E-state index in [0.29, 0.717) is 6.04 Å². The molecule has 0 amide bonds. The summed E-state index contributed by atoms with van der Waals surface area (Å²) in [5, 5.41) is 8.92. The van der Waals surface area contributed by atoms with Crippen molar-refractivity contribution >= 4 is 0 Å². The number of hydrogen-bond donors (Lipinski definition) is 0. The Morgan fingerprint density at radius 1 is 1.04 bits per heavy atom. The van der Waals surface area contributed by atoms with Crippen LogP contribution in [0.3, 0.4) is 0 Å². The first-order valence-corrected chi connectivity index (χ1v) is 8.81. The van der Waals surface area contributed by atoms with Gasteiger partial charge in [0, 0.05) is 11.6 Å². The van der Waals surface area contributed by atoms with Gasteiger partial charge < -0.3 is 0 Å². The minimum atomic E-state index is -0.195. The van der Waals surface area contributed by atoms with E-state index >= 15 is 0 Å². The van der Waals surface area contributed by atoms with Crippen molar-refractivity contribution in [2.45, 2.75) is 31.5 Å². The molecule has 5 rings (SSSR count). The van der Waals surface area contributed by atoms with Crippen LogP contribution >= 0.6 is 0 Å². The van der Waals surface area contributed by atoms with Gasteiger partial charge in [-0.1, -0.05) is 47.7 Å². The Bertz CT molecular complexity index is 905. The third-order valence-electron chi connectivity index (χ3n) is 5.38. The van der Waals surface area contributed by atoms with Gasteiger partial charge in [-0.2, -0.15) is 0 Å². The van der Waals surface area contributed by atoms with Crippen LogP contribution in [0.5, 0.6) is 0 Å². The predicted octanol–water partition coefficient (Wildman–Crippen LogP) is 3.65. The Hall–Kier alpha value is -2.53. The van der Waals surface area contributed by atoms with E-state index in [1.807, 2.05) is 28.9 Å². The highest BCUT2D eigenvalue weighted by Crippen LogP contribution is 2.42. The second-order valence-electron chi connectivity index (χ2n) is 6.86. The summed E-state index contributed by atoms with van der Waals surface area (Å²) >= 11 is 0. The first-order valence-electron chi connectivity index (χ1n) is 8.81. The fraction of sp³-hybridized carbons (Fsp3) is 0.300. The third kappa shape index (κ3) is 2.38. The quantitative estimate of drug-likeness (QED) is 0.717. The number of fused-ring (bicyclic) bond motifs is 2. The minimum absolute atomic E-state index is 0.00200. The molecule has 0 saturated carbocycles. The largest absolute Gasteiger partial charge is 0.286 e. The maximum Gasteiger partial charge on any atom is 0.123 e. The zero-order chi connectivity index (χ0) is 16.8. The average Bonchev–Trinajstić information content (AvgIpc) is 3.27. The first-order chi connectivity index (χ1) is 12.3. The normalized spacial score (nSPS) is 22.6. The molecule has 4 nitrogen and oxygen atoms in total. The summed E-state index contributed by atoms with van der Waals surface area (Å²) < 4.78 is 16.0. The molecule has 0 radical (unpaired) electrons. The molecular weight excluding hydrogens is 315 g/mol. The van der Waals surface area contributed by atoms with Crippen molar-refractivity contribution < 1.29 is 4.39 Å². The summed E-state index contributed by atoms with van der Waals surface area (Å²) in [6.45, 7) is 1.90. The molecule has 5 heteroatoms. The van der Waals surface area contributed by atoms with Crippen molar-refractivity contribution in [2.24, 2.45) is 0 Å². The monoisotopic (exact) mass is 334 g/mol. The molecule has 0 unspecified atom stereocenters. The molecule has 2 atom stereocenters. The summed E-state index contributed by atoms with van der Waals surface area (Å²) in [5.41, 5.74) is 4.02. The average molecular weight is 334 g/mol. The molecule has 2 aliphatic heterocycles. The van der Waals surface area contributed by atoms with Crippen LogP contribution < -0.4 is 0 Å². The standard InChI is InChI=1S/C20H19FN4/c21-16-9-4-8-15(12-16)19-20-18(14-6-2-1-3-7-14)22-23-25(20)13-17-10-5-11-24(17)19/h1-4,6-9,12,17,19H,5,10-11,13H2/t17-,19-/m0/s1. The fourth-order valence-electron chi connectivity index (χ4n) is 4.30. The van der Waals surface area contributed by atoms with Crippen LogP contribution in [0.15, 0.2) is 54.6 Å². The first kappa shape index (κ1) is 14.8. The number of nitrogens with zero attached hydrogens (tertiary/aromatic N) is 4. The van der Waals surface area contributed by atoms with Gasteiger partial charge >= 0.3 is 0 Å². The molecule has 2 aliphatic rings. The summed E-state index contributed by atoms with van der Waals surface area (Å²) in [4.78, 5) is 2.50. The number of aromatic nitrogens is 3. The molecule has 1 saturated heterocycles. The van der Waals surface area contributed by atoms with Crippen molar-refractivity contribution in [1.82, 2.24) is 19.9 Å². The highest BCUT2D eigenvalue weighted by molar-refractivity contribution is 5.63. The third-order valence-corrected chi connectivity index (χ3v) is 5.38. The van der Waals surface area contributed by atoms with Gasteiger partial charge in [-0.3, -0.25) is 4.90 Å². The number of rotatable bonds is 2. The van der Waals surface area contributed by atoms with Gasteiger partial charge in [-0.25, -0.2) is 9.07 Å².